The predicted molar refractivity (Wildman–Crippen MR) is 93.1 cm³/mol. The van der Waals surface area contributed by atoms with Crippen molar-refractivity contribution >= 4 is 46.5 Å². The molecule has 0 amide bonds. The molecule has 2 rings (SSSR count). The second-order valence-electron chi connectivity index (χ2n) is 4.98. The zero-order valence-electron chi connectivity index (χ0n) is 11.7. The molecule has 0 aliphatic carbocycles. The van der Waals surface area contributed by atoms with Crippen LogP contribution in [0, 0.1) is 0 Å². The largest absolute Gasteiger partial charge is 0.308 e. The Morgan fingerprint density at radius 1 is 1.42 bits per heavy atom. The summed E-state index contributed by atoms with van der Waals surface area (Å²) in [5.41, 5.74) is 0. The highest BCUT2D eigenvalue weighted by atomic mass is 35.5. The number of nitrogens with one attached hydrogen (secondary N) is 1. The van der Waals surface area contributed by atoms with Crippen LogP contribution in [0.5, 0.6) is 0 Å². The van der Waals surface area contributed by atoms with Crippen LogP contribution in [0.2, 0.25) is 5.02 Å². The lowest BCUT2D eigenvalue weighted by atomic mass is 10.1. The van der Waals surface area contributed by atoms with Crippen LogP contribution in [0.1, 0.15) is 38.1 Å². The van der Waals surface area contributed by atoms with Gasteiger partial charge in [-0.1, -0.05) is 32.4 Å². The number of thiophene rings is 1. The van der Waals surface area contributed by atoms with Gasteiger partial charge in [0.25, 0.3) is 0 Å². The van der Waals surface area contributed by atoms with Crippen LogP contribution >= 0.6 is 46.5 Å². The van der Waals surface area contributed by atoms with Gasteiger partial charge in [0, 0.05) is 26.4 Å². The van der Waals surface area contributed by atoms with Gasteiger partial charge in [-0.25, -0.2) is 0 Å². The highest BCUT2D eigenvalue weighted by Crippen LogP contribution is 2.43. The van der Waals surface area contributed by atoms with Crippen molar-refractivity contribution < 1.29 is 0 Å². The van der Waals surface area contributed by atoms with E-state index in [-0.39, 0.29) is 0 Å². The summed E-state index contributed by atoms with van der Waals surface area (Å²) >= 11 is 12.4. The van der Waals surface area contributed by atoms with E-state index in [1.165, 1.54) is 10.6 Å². The summed E-state index contributed by atoms with van der Waals surface area (Å²) in [6.45, 7) is 7.96. The predicted octanol–water partition coefficient (Wildman–Crippen LogP) is 5.07. The maximum absolute atomic E-state index is 6.35. The van der Waals surface area contributed by atoms with Crippen LogP contribution in [0.25, 0.3) is 0 Å². The van der Waals surface area contributed by atoms with E-state index in [0.717, 1.165) is 23.2 Å². The van der Waals surface area contributed by atoms with Crippen molar-refractivity contribution in [1.29, 1.82) is 0 Å². The third kappa shape index (κ3) is 4.07. The average Bonchev–Trinajstić information content (AvgIpc) is 2.80. The summed E-state index contributed by atoms with van der Waals surface area (Å²) in [5.74, 6) is 1.21. The van der Waals surface area contributed by atoms with E-state index in [2.05, 4.69) is 55.0 Å². The lowest BCUT2D eigenvalue weighted by molar-refractivity contribution is 0.535. The Balaban J connectivity index is 2.11. The summed E-state index contributed by atoms with van der Waals surface area (Å²) < 4.78 is 0. The molecule has 1 aromatic heterocycles. The Morgan fingerprint density at radius 3 is 2.79 bits per heavy atom. The quantitative estimate of drug-likeness (QED) is 0.807. The number of hydrogen-bond donors (Lipinski definition) is 1. The Labute approximate surface area is 134 Å². The normalized spacial score (nSPS) is 29.4. The Morgan fingerprint density at radius 2 is 2.21 bits per heavy atom. The van der Waals surface area contributed by atoms with Gasteiger partial charge in [-0.05, 0) is 24.4 Å². The highest BCUT2D eigenvalue weighted by molar-refractivity contribution is 8.07. The SMILES string of the molecule is CCCNC(c1sccc1Cl)C1CSC(C)C(C)S1. The second kappa shape index (κ2) is 7.60. The third-order valence-corrected chi connectivity index (χ3v) is 8.42. The minimum Gasteiger partial charge on any atom is -0.308 e. The molecule has 0 spiro atoms. The van der Waals surface area contributed by atoms with E-state index in [1.807, 2.05) is 6.07 Å². The molecule has 0 radical (unpaired) electrons. The smallest absolute Gasteiger partial charge is 0.0561 e. The molecule has 0 aromatic carbocycles. The number of rotatable bonds is 5. The second-order valence-corrected chi connectivity index (χ2v) is 9.37. The lowest BCUT2D eigenvalue weighted by Crippen LogP contribution is -2.37. The number of halogens is 1. The molecule has 0 bridgehead atoms. The molecule has 108 valence electrons. The molecular weight excluding hydrogens is 314 g/mol. The van der Waals surface area contributed by atoms with Gasteiger partial charge in [0.05, 0.1) is 11.1 Å². The van der Waals surface area contributed by atoms with E-state index in [1.54, 1.807) is 11.3 Å². The van der Waals surface area contributed by atoms with Crippen molar-refractivity contribution in [2.24, 2.45) is 0 Å². The summed E-state index contributed by atoms with van der Waals surface area (Å²) in [4.78, 5) is 1.31. The van der Waals surface area contributed by atoms with Crippen molar-refractivity contribution in [2.75, 3.05) is 12.3 Å². The molecular formula is C14H22ClNS3. The van der Waals surface area contributed by atoms with Gasteiger partial charge >= 0.3 is 0 Å². The zero-order valence-corrected chi connectivity index (χ0v) is 14.9. The van der Waals surface area contributed by atoms with Gasteiger partial charge in [-0.3, -0.25) is 0 Å². The van der Waals surface area contributed by atoms with Crippen molar-refractivity contribution in [3.63, 3.8) is 0 Å². The van der Waals surface area contributed by atoms with Crippen molar-refractivity contribution in [3.05, 3.63) is 21.3 Å². The highest BCUT2D eigenvalue weighted by Gasteiger charge is 2.33. The molecule has 1 aliphatic heterocycles. The van der Waals surface area contributed by atoms with E-state index in [0.29, 0.717) is 16.5 Å². The van der Waals surface area contributed by atoms with Crippen LogP contribution in [-0.4, -0.2) is 28.0 Å². The van der Waals surface area contributed by atoms with Crippen LogP contribution in [0.15, 0.2) is 11.4 Å². The summed E-state index contributed by atoms with van der Waals surface area (Å²) in [6, 6.07) is 2.43. The summed E-state index contributed by atoms with van der Waals surface area (Å²) in [6.07, 6.45) is 1.16. The van der Waals surface area contributed by atoms with Crippen molar-refractivity contribution in [1.82, 2.24) is 5.32 Å². The van der Waals surface area contributed by atoms with Crippen LogP contribution in [0.3, 0.4) is 0 Å². The van der Waals surface area contributed by atoms with Crippen LogP contribution in [0.4, 0.5) is 0 Å². The molecule has 1 nitrogen and oxygen atoms in total. The summed E-state index contributed by atoms with van der Waals surface area (Å²) in [7, 11) is 0. The Bertz CT molecular complexity index is 396. The van der Waals surface area contributed by atoms with Gasteiger partial charge in [-0.2, -0.15) is 23.5 Å². The molecule has 1 saturated heterocycles. The fourth-order valence-corrected chi connectivity index (χ4v) is 6.70. The Kier molecular flexibility index (Phi) is 6.41. The molecule has 4 atom stereocenters. The van der Waals surface area contributed by atoms with E-state index >= 15 is 0 Å². The van der Waals surface area contributed by atoms with Gasteiger partial charge < -0.3 is 5.32 Å². The maximum Gasteiger partial charge on any atom is 0.0561 e. The minimum absolute atomic E-state index is 0.403. The molecule has 1 aromatic rings. The standard InChI is InChI=1S/C14H22ClNS3/c1-4-6-16-13(14-11(15)5-7-17-14)12-8-18-9(2)10(3)19-12/h5,7,9-10,12-13,16H,4,6,8H2,1-3H3. The molecule has 19 heavy (non-hydrogen) atoms. The summed E-state index contributed by atoms with van der Waals surface area (Å²) in [5, 5.41) is 8.83. The average molecular weight is 336 g/mol. The van der Waals surface area contributed by atoms with Gasteiger partial charge in [0.15, 0.2) is 0 Å². The van der Waals surface area contributed by atoms with E-state index in [9.17, 15) is 0 Å². The fraction of sp³-hybridized carbons (Fsp3) is 0.714. The molecule has 4 unspecified atom stereocenters. The number of hydrogen-bond acceptors (Lipinski definition) is 4. The molecule has 5 heteroatoms. The number of thioether (sulfide) groups is 2. The van der Waals surface area contributed by atoms with Crippen LogP contribution in [-0.2, 0) is 0 Å². The molecule has 1 aliphatic rings. The molecule has 2 heterocycles. The van der Waals surface area contributed by atoms with Crippen molar-refractivity contribution in [3.8, 4) is 0 Å². The van der Waals surface area contributed by atoms with Crippen LogP contribution < -0.4 is 5.32 Å². The van der Waals surface area contributed by atoms with Crippen molar-refractivity contribution in [2.45, 2.75) is 49.0 Å². The maximum atomic E-state index is 6.35. The fourth-order valence-electron chi connectivity index (χ4n) is 2.20. The first-order valence-corrected chi connectivity index (χ1v) is 10.1. The molecule has 1 N–H and O–H groups in total. The first-order valence-electron chi connectivity index (χ1n) is 6.86. The lowest BCUT2D eigenvalue weighted by Gasteiger charge is -2.36. The molecule has 0 saturated carbocycles. The monoisotopic (exact) mass is 335 g/mol. The van der Waals surface area contributed by atoms with Gasteiger partial charge in [0.2, 0.25) is 0 Å². The van der Waals surface area contributed by atoms with Gasteiger partial charge in [-0.15, -0.1) is 11.3 Å². The van der Waals surface area contributed by atoms with E-state index < -0.39 is 0 Å². The molecule has 1 fully saturated rings. The topological polar surface area (TPSA) is 12.0 Å². The van der Waals surface area contributed by atoms with Gasteiger partial charge in [0.1, 0.15) is 0 Å². The first kappa shape index (κ1) is 16.0. The third-order valence-electron chi connectivity index (χ3n) is 3.49. The Hall–Kier alpha value is 0.650. The zero-order chi connectivity index (χ0) is 13.8. The minimum atomic E-state index is 0.403. The van der Waals surface area contributed by atoms with E-state index in [4.69, 9.17) is 11.6 Å². The first-order chi connectivity index (χ1) is 9.13.